The third-order valence-corrected chi connectivity index (χ3v) is 3.30. The van der Waals surface area contributed by atoms with E-state index in [1.165, 1.54) is 0 Å². The average molecular weight is 331 g/mol. The molecule has 0 atom stereocenters. The van der Waals surface area contributed by atoms with Crippen LogP contribution < -0.4 is 0 Å². The van der Waals surface area contributed by atoms with E-state index in [-0.39, 0.29) is 18.4 Å². The smallest absolute Gasteiger partial charge is 0.303 e. The molecule has 19 heavy (non-hydrogen) atoms. The number of aliphatic carboxylic acids is 1. The Kier molecular flexibility index (Phi) is 5.60. The van der Waals surface area contributed by atoms with Crippen LogP contribution in [0.5, 0.6) is 0 Å². The number of aryl methyl sites for hydroxylation is 1. The van der Waals surface area contributed by atoms with Gasteiger partial charge in [0.1, 0.15) is 5.69 Å². The summed E-state index contributed by atoms with van der Waals surface area (Å²) in [5, 5.41) is 8.65. The lowest BCUT2D eigenvalue weighted by Gasteiger charge is -2.26. The minimum atomic E-state index is -0.835. The van der Waals surface area contributed by atoms with Gasteiger partial charge in [0.15, 0.2) is 0 Å². The number of aromatic nitrogens is 1. The number of hydrogen-bond donors (Lipinski definition) is 1. The molecular formula is C13H19BrN2O3. The molecule has 0 radical (unpaired) electrons. The maximum atomic E-state index is 12.4. The number of nitrogens with zero attached hydrogens (tertiary/aromatic N) is 2. The Morgan fingerprint density at radius 3 is 2.53 bits per heavy atom. The van der Waals surface area contributed by atoms with Crippen LogP contribution in [0.3, 0.4) is 0 Å². The van der Waals surface area contributed by atoms with Crippen molar-refractivity contribution >= 4 is 27.8 Å². The first-order valence-corrected chi connectivity index (χ1v) is 6.97. The van der Waals surface area contributed by atoms with Gasteiger partial charge in [-0.2, -0.15) is 0 Å². The largest absolute Gasteiger partial charge is 0.481 e. The highest BCUT2D eigenvalue weighted by Gasteiger charge is 2.21. The normalized spacial score (nSPS) is 10.8. The summed E-state index contributed by atoms with van der Waals surface area (Å²) in [6.07, 6.45) is 2.36. The Labute approximate surface area is 121 Å². The monoisotopic (exact) mass is 330 g/mol. The molecule has 0 bridgehead atoms. The van der Waals surface area contributed by atoms with Gasteiger partial charge in [-0.1, -0.05) is 0 Å². The minimum absolute atomic E-state index is 0.0370. The van der Waals surface area contributed by atoms with E-state index in [2.05, 4.69) is 15.9 Å². The van der Waals surface area contributed by atoms with Crippen LogP contribution in [0.15, 0.2) is 16.7 Å². The van der Waals surface area contributed by atoms with Crippen LogP contribution in [0.25, 0.3) is 0 Å². The predicted molar refractivity (Wildman–Crippen MR) is 76.2 cm³/mol. The van der Waals surface area contributed by atoms with Crippen molar-refractivity contribution in [2.45, 2.75) is 32.7 Å². The number of rotatable bonds is 6. The second-order valence-corrected chi connectivity index (χ2v) is 5.66. The zero-order valence-electron chi connectivity index (χ0n) is 11.4. The number of hydrogen-bond acceptors (Lipinski definition) is 2. The molecule has 1 N–H and O–H groups in total. The lowest BCUT2D eigenvalue weighted by atomic mass is 10.2. The van der Waals surface area contributed by atoms with Crippen LogP contribution in [-0.2, 0) is 11.8 Å². The Morgan fingerprint density at radius 1 is 1.47 bits per heavy atom. The van der Waals surface area contributed by atoms with E-state index in [0.717, 1.165) is 4.47 Å². The SMILES string of the molecule is CC(C)N(CCCC(=O)O)C(=O)c1cc(Br)cn1C. The van der Waals surface area contributed by atoms with Crippen LogP contribution in [-0.4, -0.2) is 39.0 Å². The predicted octanol–water partition coefficient (Wildman–Crippen LogP) is 2.50. The summed E-state index contributed by atoms with van der Waals surface area (Å²) >= 11 is 3.34. The Balaban J connectivity index is 2.78. The summed E-state index contributed by atoms with van der Waals surface area (Å²) in [5.74, 6) is -0.911. The summed E-state index contributed by atoms with van der Waals surface area (Å²) in [6.45, 7) is 4.30. The Hall–Kier alpha value is -1.30. The number of carboxylic acids is 1. The molecule has 0 aliphatic heterocycles. The zero-order valence-corrected chi connectivity index (χ0v) is 13.0. The van der Waals surface area contributed by atoms with Crippen molar-refractivity contribution in [3.05, 3.63) is 22.4 Å². The summed E-state index contributed by atoms with van der Waals surface area (Å²) in [7, 11) is 1.81. The fourth-order valence-corrected chi connectivity index (χ4v) is 2.40. The third-order valence-electron chi connectivity index (χ3n) is 2.86. The van der Waals surface area contributed by atoms with Gasteiger partial charge in [-0.05, 0) is 42.3 Å². The van der Waals surface area contributed by atoms with E-state index in [4.69, 9.17) is 5.11 Å². The zero-order chi connectivity index (χ0) is 14.6. The molecule has 0 aliphatic rings. The summed E-state index contributed by atoms with van der Waals surface area (Å²) in [6, 6.07) is 1.81. The fourth-order valence-electron chi connectivity index (χ4n) is 1.88. The van der Waals surface area contributed by atoms with Gasteiger partial charge in [0.05, 0.1) is 0 Å². The van der Waals surface area contributed by atoms with Crippen molar-refractivity contribution in [3.8, 4) is 0 Å². The maximum absolute atomic E-state index is 12.4. The van der Waals surface area contributed by atoms with Crippen molar-refractivity contribution in [3.63, 3.8) is 0 Å². The molecule has 1 aromatic rings. The molecule has 5 nitrogen and oxygen atoms in total. The van der Waals surface area contributed by atoms with Crippen molar-refractivity contribution < 1.29 is 14.7 Å². The molecule has 0 unspecified atom stereocenters. The lowest BCUT2D eigenvalue weighted by Crippen LogP contribution is -2.38. The second-order valence-electron chi connectivity index (χ2n) is 4.74. The maximum Gasteiger partial charge on any atom is 0.303 e. The summed E-state index contributed by atoms with van der Waals surface area (Å²) < 4.78 is 2.62. The molecule has 0 fully saturated rings. The number of carbonyl (C=O) groups excluding carboxylic acids is 1. The minimum Gasteiger partial charge on any atom is -0.481 e. The average Bonchev–Trinajstić information content (AvgIpc) is 2.62. The highest BCUT2D eigenvalue weighted by atomic mass is 79.9. The highest BCUT2D eigenvalue weighted by molar-refractivity contribution is 9.10. The molecular weight excluding hydrogens is 312 g/mol. The molecule has 6 heteroatoms. The quantitative estimate of drug-likeness (QED) is 0.871. The molecule has 106 valence electrons. The molecule has 1 aromatic heterocycles. The number of amides is 1. The van der Waals surface area contributed by atoms with Crippen molar-refractivity contribution in [2.24, 2.45) is 7.05 Å². The van der Waals surface area contributed by atoms with Crippen LogP contribution in [0, 0.1) is 0 Å². The van der Waals surface area contributed by atoms with Gasteiger partial charge in [-0.3, -0.25) is 9.59 Å². The first kappa shape index (κ1) is 15.8. The number of halogens is 1. The van der Waals surface area contributed by atoms with E-state index < -0.39 is 5.97 Å². The second kappa shape index (κ2) is 6.75. The molecule has 1 heterocycles. The van der Waals surface area contributed by atoms with Gasteiger partial charge in [-0.15, -0.1) is 0 Å². The number of carbonyl (C=O) groups is 2. The molecule has 0 aromatic carbocycles. The van der Waals surface area contributed by atoms with Gasteiger partial charge in [-0.25, -0.2) is 0 Å². The first-order valence-electron chi connectivity index (χ1n) is 6.17. The van der Waals surface area contributed by atoms with Crippen LogP contribution in [0.2, 0.25) is 0 Å². The van der Waals surface area contributed by atoms with E-state index in [1.807, 2.05) is 27.1 Å². The molecule has 0 saturated heterocycles. The molecule has 1 amide bonds. The van der Waals surface area contributed by atoms with Crippen LogP contribution in [0.4, 0.5) is 0 Å². The van der Waals surface area contributed by atoms with E-state index in [9.17, 15) is 9.59 Å². The Morgan fingerprint density at radius 2 is 2.11 bits per heavy atom. The Bertz CT molecular complexity index is 468. The van der Waals surface area contributed by atoms with Crippen molar-refractivity contribution in [1.29, 1.82) is 0 Å². The van der Waals surface area contributed by atoms with Crippen molar-refractivity contribution in [1.82, 2.24) is 9.47 Å². The van der Waals surface area contributed by atoms with Crippen LogP contribution >= 0.6 is 15.9 Å². The van der Waals surface area contributed by atoms with Gasteiger partial charge < -0.3 is 14.6 Å². The standard InChI is InChI=1S/C13H19BrN2O3/c1-9(2)16(6-4-5-12(17)18)13(19)11-7-10(14)8-15(11)3/h7-9H,4-6H2,1-3H3,(H,17,18). The number of carboxylic acid groups (broad SMARTS) is 1. The summed E-state index contributed by atoms with van der Waals surface area (Å²) in [4.78, 5) is 24.7. The van der Waals surface area contributed by atoms with Gasteiger partial charge >= 0.3 is 5.97 Å². The first-order chi connectivity index (χ1) is 8.82. The van der Waals surface area contributed by atoms with Gasteiger partial charge in [0.25, 0.3) is 5.91 Å². The molecule has 0 aliphatic carbocycles. The lowest BCUT2D eigenvalue weighted by molar-refractivity contribution is -0.137. The highest BCUT2D eigenvalue weighted by Crippen LogP contribution is 2.17. The van der Waals surface area contributed by atoms with E-state index in [1.54, 1.807) is 15.5 Å². The topological polar surface area (TPSA) is 62.5 Å². The third kappa shape index (κ3) is 4.38. The van der Waals surface area contributed by atoms with Crippen molar-refractivity contribution in [2.75, 3.05) is 6.54 Å². The van der Waals surface area contributed by atoms with Crippen LogP contribution in [0.1, 0.15) is 37.2 Å². The van der Waals surface area contributed by atoms with Gasteiger partial charge in [0, 0.05) is 36.7 Å². The van der Waals surface area contributed by atoms with Gasteiger partial charge in [0.2, 0.25) is 0 Å². The molecule has 1 rings (SSSR count). The fraction of sp³-hybridized carbons (Fsp3) is 0.538. The van der Waals surface area contributed by atoms with E-state index >= 15 is 0 Å². The molecule has 0 saturated carbocycles. The van der Waals surface area contributed by atoms with E-state index in [0.29, 0.717) is 18.7 Å². The molecule has 0 spiro atoms. The summed E-state index contributed by atoms with van der Waals surface area (Å²) in [5.41, 5.74) is 0.593.